The van der Waals surface area contributed by atoms with Crippen LogP contribution in [0.15, 0.2) is 12.4 Å². The lowest BCUT2D eigenvalue weighted by Crippen LogP contribution is -2.35. The number of hydrogen-bond donors (Lipinski definition) is 1. The molecule has 1 aromatic rings. The van der Waals surface area contributed by atoms with Crippen LogP contribution in [0.1, 0.15) is 57.4 Å². The van der Waals surface area contributed by atoms with E-state index in [1.807, 2.05) is 11.8 Å². The van der Waals surface area contributed by atoms with Gasteiger partial charge in [-0.05, 0) is 19.3 Å². The van der Waals surface area contributed by atoms with Crippen molar-refractivity contribution in [3.8, 4) is 0 Å². The fourth-order valence-corrected chi connectivity index (χ4v) is 2.18. The minimum absolute atomic E-state index is 0.0305. The molecule has 0 aromatic carbocycles. The van der Waals surface area contributed by atoms with Crippen LogP contribution in [0.3, 0.4) is 0 Å². The Hall–Kier alpha value is -1.65. The molecule has 1 rings (SSSR count). The van der Waals surface area contributed by atoms with Crippen molar-refractivity contribution in [3.05, 3.63) is 18.1 Å². The molecule has 0 atom stereocenters. The zero-order valence-electron chi connectivity index (χ0n) is 13.7. The Morgan fingerprint density at radius 2 is 1.95 bits per heavy atom. The van der Waals surface area contributed by atoms with E-state index in [0.29, 0.717) is 24.0 Å². The molecule has 0 fully saturated rings. The summed E-state index contributed by atoms with van der Waals surface area (Å²) in [5.41, 5.74) is 0.420. The molecule has 118 valence electrons. The second kappa shape index (κ2) is 9.32. The van der Waals surface area contributed by atoms with Gasteiger partial charge in [-0.25, -0.2) is 4.98 Å². The minimum Gasteiger partial charge on any atom is -0.369 e. The lowest BCUT2D eigenvalue weighted by molar-refractivity contribution is 0.0728. The topological polar surface area (TPSA) is 58.1 Å². The van der Waals surface area contributed by atoms with Gasteiger partial charge in [0.15, 0.2) is 0 Å². The second-order valence-corrected chi connectivity index (χ2v) is 5.24. The van der Waals surface area contributed by atoms with Crippen LogP contribution in [0.2, 0.25) is 0 Å². The molecule has 0 aliphatic heterocycles. The molecule has 5 nitrogen and oxygen atoms in total. The average Bonchev–Trinajstić information content (AvgIpc) is 2.54. The Labute approximate surface area is 128 Å². The summed E-state index contributed by atoms with van der Waals surface area (Å²) in [6.45, 7) is 10.7. The van der Waals surface area contributed by atoms with E-state index in [0.717, 1.165) is 32.4 Å². The number of amides is 1. The Kier molecular flexibility index (Phi) is 7.72. The van der Waals surface area contributed by atoms with E-state index in [9.17, 15) is 4.79 Å². The highest BCUT2D eigenvalue weighted by molar-refractivity contribution is 5.92. The van der Waals surface area contributed by atoms with Gasteiger partial charge in [0, 0.05) is 19.6 Å². The summed E-state index contributed by atoms with van der Waals surface area (Å²) in [5, 5.41) is 3.17. The van der Waals surface area contributed by atoms with E-state index in [-0.39, 0.29) is 5.91 Å². The van der Waals surface area contributed by atoms with Crippen LogP contribution in [0.25, 0.3) is 0 Å². The zero-order valence-corrected chi connectivity index (χ0v) is 13.7. The van der Waals surface area contributed by atoms with Crippen LogP contribution in [-0.2, 0) is 0 Å². The van der Waals surface area contributed by atoms with Crippen molar-refractivity contribution >= 4 is 11.7 Å². The van der Waals surface area contributed by atoms with Gasteiger partial charge in [-0.3, -0.25) is 9.78 Å². The van der Waals surface area contributed by atoms with Crippen molar-refractivity contribution in [3.63, 3.8) is 0 Å². The number of nitrogens with zero attached hydrogens (tertiary/aromatic N) is 3. The van der Waals surface area contributed by atoms with Crippen molar-refractivity contribution in [2.75, 3.05) is 25.0 Å². The zero-order chi connectivity index (χ0) is 15.7. The van der Waals surface area contributed by atoms with Crippen molar-refractivity contribution in [2.45, 2.75) is 47.0 Å². The van der Waals surface area contributed by atoms with Crippen molar-refractivity contribution in [1.29, 1.82) is 0 Å². The first-order valence-corrected chi connectivity index (χ1v) is 8.01. The van der Waals surface area contributed by atoms with Gasteiger partial charge < -0.3 is 10.2 Å². The quantitative estimate of drug-likeness (QED) is 0.759. The van der Waals surface area contributed by atoms with Gasteiger partial charge in [0.25, 0.3) is 5.91 Å². The first-order chi connectivity index (χ1) is 10.2. The summed E-state index contributed by atoms with van der Waals surface area (Å²) in [6.07, 6.45) is 6.39. The third kappa shape index (κ3) is 5.33. The van der Waals surface area contributed by atoms with Gasteiger partial charge >= 0.3 is 0 Å². The van der Waals surface area contributed by atoms with Crippen LogP contribution in [0.5, 0.6) is 0 Å². The SMILES string of the molecule is CCCNc1cncc(C(=O)N(CC)CC(CC)CC)n1. The Morgan fingerprint density at radius 1 is 1.24 bits per heavy atom. The predicted octanol–water partition coefficient (Wildman–Crippen LogP) is 3.20. The van der Waals surface area contributed by atoms with E-state index in [4.69, 9.17) is 0 Å². The highest BCUT2D eigenvalue weighted by Gasteiger charge is 2.19. The molecule has 0 aliphatic carbocycles. The Balaban J connectivity index is 2.79. The molecule has 21 heavy (non-hydrogen) atoms. The maximum atomic E-state index is 12.6. The highest BCUT2D eigenvalue weighted by atomic mass is 16.2. The predicted molar refractivity (Wildman–Crippen MR) is 86.5 cm³/mol. The largest absolute Gasteiger partial charge is 0.369 e. The summed E-state index contributed by atoms with van der Waals surface area (Å²) < 4.78 is 0. The normalized spacial score (nSPS) is 10.7. The number of carbonyl (C=O) groups is 1. The average molecular weight is 292 g/mol. The first kappa shape index (κ1) is 17.4. The molecule has 1 amide bonds. The third-order valence-electron chi connectivity index (χ3n) is 3.71. The summed E-state index contributed by atoms with van der Waals surface area (Å²) in [7, 11) is 0. The Morgan fingerprint density at radius 3 is 2.52 bits per heavy atom. The summed E-state index contributed by atoms with van der Waals surface area (Å²) in [4.78, 5) is 22.9. The summed E-state index contributed by atoms with van der Waals surface area (Å²) in [6, 6.07) is 0. The van der Waals surface area contributed by atoms with Crippen LogP contribution in [0.4, 0.5) is 5.82 Å². The number of nitrogens with one attached hydrogen (secondary N) is 1. The van der Waals surface area contributed by atoms with Crippen LogP contribution >= 0.6 is 0 Å². The second-order valence-electron chi connectivity index (χ2n) is 5.24. The fraction of sp³-hybridized carbons (Fsp3) is 0.688. The molecule has 1 N–H and O–H groups in total. The van der Waals surface area contributed by atoms with Gasteiger partial charge in [-0.1, -0.05) is 33.6 Å². The maximum Gasteiger partial charge on any atom is 0.274 e. The molecule has 0 aliphatic rings. The monoisotopic (exact) mass is 292 g/mol. The lowest BCUT2D eigenvalue weighted by atomic mass is 10.0. The molecule has 1 aromatic heterocycles. The molecule has 0 saturated carbocycles. The highest BCUT2D eigenvalue weighted by Crippen LogP contribution is 2.12. The smallest absolute Gasteiger partial charge is 0.274 e. The van der Waals surface area contributed by atoms with Crippen LogP contribution in [-0.4, -0.2) is 40.4 Å². The van der Waals surface area contributed by atoms with Gasteiger partial charge in [0.2, 0.25) is 0 Å². The van der Waals surface area contributed by atoms with Gasteiger partial charge in [-0.15, -0.1) is 0 Å². The molecule has 5 heteroatoms. The number of aromatic nitrogens is 2. The molecular weight excluding hydrogens is 264 g/mol. The molecule has 0 bridgehead atoms. The number of hydrogen-bond acceptors (Lipinski definition) is 4. The number of carbonyl (C=O) groups excluding carboxylic acids is 1. The fourth-order valence-electron chi connectivity index (χ4n) is 2.18. The molecular formula is C16H28N4O. The summed E-state index contributed by atoms with van der Waals surface area (Å²) >= 11 is 0. The Bertz CT molecular complexity index is 432. The van der Waals surface area contributed by atoms with E-state index < -0.39 is 0 Å². The molecule has 0 saturated heterocycles. The minimum atomic E-state index is -0.0305. The van der Waals surface area contributed by atoms with Crippen LogP contribution in [0, 0.1) is 5.92 Å². The maximum absolute atomic E-state index is 12.6. The summed E-state index contributed by atoms with van der Waals surface area (Å²) in [5.74, 6) is 1.18. The van der Waals surface area contributed by atoms with E-state index >= 15 is 0 Å². The van der Waals surface area contributed by atoms with E-state index in [1.54, 1.807) is 12.4 Å². The van der Waals surface area contributed by atoms with Crippen LogP contribution < -0.4 is 5.32 Å². The van der Waals surface area contributed by atoms with E-state index in [2.05, 4.69) is 36.1 Å². The van der Waals surface area contributed by atoms with Crippen molar-refractivity contribution in [2.24, 2.45) is 5.92 Å². The molecule has 0 radical (unpaired) electrons. The number of anilines is 1. The molecule has 1 heterocycles. The lowest BCUT2D eigenvalue weighted by Gasteiger charge is -2.25. The standard InChI is InChI=1S/C16H28N4O/c1-5-9-18-15-11-17-10-14(19-15)16(21)20(8-4)12-13(6-2)7-3/h10-11,13H,5-9,12H2,1-4H3,(H,18,19). The first-order valence-electron chi connectivity index (χ1n) is 8.01. The van der Waals surface area contributed by atoms with Gasteiger partial charge in [0.05, 0.1) is 12.4 Å². The van der Waals surface area contributed by atoms with Gasteiger partial charge in [0.1, 0.15) is 11.5 Å². The van der Waals surface area contributed by atoms with Gasteiger partial charge in [-0.2, -0.15) is 0 Å². The molecule has 0 unspecified atom stereocenters. The van der Waals surface area contributed by atoms with Crippen molar-refractivity contribution in [1.82, 2.24) is 14.9 Å². The van der Waals surface area contributed by atoms with E-state index in [1.165, 1.54) is 0 Å². The van der Waals surface area contributed by atoms with Crippen molar-refractivity contribution < 1.29 is 4.79 Å². The molecule has 0 spiro atoms. The third-order valence-corrected chi connectivity index (χ3v) is 3.71. The number of rotatable bonds is 9.